The summed E-state index contributed by atoms with van der Waals surface area (Å²) in [5.74, 6) is 0.950. The van der Waals surface area contributed by atoms with Crippen LogP contribution in [0.2, 0.25) is 0 Å². The van der Waals surface area contributed by atoms with E-state index in [1.54, 1.807) is 0 Å². The average Bonchev–Trinajstić information content (AvgIpc) is 2.61. The van der Waals surface area contributed by atoms with E-state index in [4.69, 9.17) is 10.5 Å². The van der Waals surface area contributed by atoms with Crippen LogP contribution in [0.5, 0.6) is 5.75 Å². The van der Waals surface area contributed by atoms with E-state index < -0.39 is 0 Å². The molecule has 0 saturated heterocycles. The van der Waals surface area contributed by atoms with Crippen LogP contribution in [0.4, 0.5) is 0 Å². The molecule has 1 amide bonds. The SMILES string of the molecule is CN(C)CCOc1cccc(CNC(=O)CC2(CN)CCCCC2)c1. The molecule has 5 heteroatoms. The fourth-order valence-corrected chi connectivity index (χ4v) is 3.45. The summed E-state index contributed by atoms with van der Waals surface area (Å²) >= 11 is 0. The molecule has 0 bridgehead atoms. The number of likely N-dealkylation sites (N-methyl/N-ethyl adjacent to an activating group) is 1. The number of nitrogens with one attached hydrogen (secondary N) is 1. The molecule has 0 radical (unpaired) electrons. The summed E-state index contributed by atoms with van der Waals surface area (Å²) in [6, 6.07) is 7.93. The second kappa shape index (κ2) is 9.78. The first-order chi connectivity index (χ1) is 12.0. The van der Waals surface area contributed by atoms with Crippen molar-refractivity contribution in [1.82, 2.24) is 10.2 Å². The third-order valence-electron chi connectivity index (χ3n) is 5.08. The number of amides is 1. The second-order valence-electron chi connectivity index (χ2n) is 7.52. The summed E-state index contributed by atoms with van der Waals surface area (Å²) in [6.07, 6.45) is 6.35. The maximum atomic E-state index is 12.4. The minimum atomic E-state index is 0.0134. The third-order valence-corrected chi connectivity index (χ3v) is 5.08. The molecule has 3 N–H and O–H groups in total. The monoisotopic (exact) mass is 347 g/mol. The van der Waals surface area contributed by atoms with Gasteiger partial charge in [-0.2, -0.15) is 0 Å². The van der Waals surface area contributed by atoms with Gasteiger partial charge in [0.1, 0.15) is 12.4 Å². The predicted molar refractivity (Wildman–Crippen MR) is 102 cm³/mol. The van der Waals surface area contributed by atoms with E-state index in [0.717, 1.165) is 30.7 Å². The van der Waals surface area contributed by atoms with Gasteiger partial charge in [-0.1, -0.05) is 31.4 Å². The molecule has 5 nitrogen and oxygen atoms in total. The number of ether oxygens (including phenoxy) is 1. The van der Waals surface area contributed by atoms with Gasteiger partial charge in [0.2, 0.25) is 5.91 Å². The van der Waals surface area contributed by atoms with E-state index in [0.29, 0.717) is 26.1 Å². The van der Waals surface area contributed by atoms with E-state index in [9.17, 15) is 4.79 Å². The zero-order chi connectivity index (χ0) is 18.1. The zero-order valence-corrected chi connectivity index (χ0v) is 15.7. The van der Waals surface area contributed by atoms with Gasteiger partial charge in [0, 0.05) is 19.5 Å². The van der Waals surface area contributed by atoms with Crippen LogP contribution < -0.4 is 15.8 Å². The molecule has 1 fully saturated rings. The van der Waals surface area contributed by atoms with E-state index in [-0.39, 0.29) is 11.3 Å². The van der Waals surface area contributed by atoms with Crippen molar-refractivity contribution in [2.75, 3.05) is 33.8 Å². The Morgan fingerprint density at radius 1 is 1.28 bits per heavy atom. The summed E-state index contributed by atoms with van der Waals surface area (Å²) < 4.78 is 5.75. The number of nitrogens with two attached hydrogens (primary N) is 1. The van der Waals surface area contributed by atoms with Gasteiger partial charge in [0.15, 0.2) is 0 Å². The molecule has 0 unspecified atom stereocenters. The quantitative estimate of drug-likeness (QED) is 0.720. The predicted octanol–water partition coefficient (Wildman–Crippen LogP) is 2.54. The van der Waals surface area contributed by atoms with E-state index in [1.807, 2.05) is 38.4 Å². The Morgan fingerprint density at radius 2 is 2.04 bits per heavy atom. The number of carbonyl (C=O) groups is 1. The van der Waals surface area contributed by atoms with Crippen molar-refractivity contribution in [1.29, 1.82) is 0 Å². The lowest BCUT2D eigenvalue weighted by Gasteiger charge is -2.35. The summed E-state index contributed by atoms with van der Waals surface area (Å²) in [6.45, 7) is 2.67. The van der Waals surface area contributed by atoms with Crippen LogP contribution in [0.25, 0.3) is 0 Å². The van der Waals surface area contributed by atoms with Crippen LogP contribution in [0.1, 0.15) is 44.1 Å². The zero-order valence-electron chi connectivity index (χ0n) is 15.7. The Morgan fingerprint density at radius 3 is 2.72 bits per heavy atom. The molecule has 1 aliphatic carbocycles. The Bertz CT molecular complexity index is 539. The molecular formula is C20H33N3O2. The topological polar surface area (TPSA) is 67.6 Å². The lowest BCUT2D eigenvalue weighted by atomic mass is 9.71. The highest BCUT2D eigenvalue weighted by Gasteiger charge is 2.32. The van der Waals surface area contributed by atoms with Crippen molar-refractivity contribution >= 4 is 5.91 Å². The first-order valence-electron chi connectivity index (χ1n) is 9.36. The number of benzene rings is 1. The first-order valence-corrected chi connectivity index (χ1v) is 9.36. The van der Waals surface area contributed by atoms with Gasteiger partial charge in [-0.15, -0.1) is 0 Å². The normalized spacial score (nSPS) is 16.6. The lowest BCUT2D eigenvalue weighted by molar-refractivity contribution is -0.124. The fraction of sp³-hybridized carbons (Fsp3) is 0.650. The van der Waals surface area contributed by atoms with Crippen LogP contribution in [0.3, 0.4) is 0 Å². The largest absolute Gasteiger partial charge is 0.492 e. The van der Waals surface area contributed by atoms with Crippen molar-refractivity contribution in [2.45, 2.75) is 45.1 Å². The van der Waals surface area contributed by atoms with Gasteiger partial charge in [-0.05, 0) is 56.6 Å². The molecule has 0 atom stereocenters. The van der Waals surface area contributed by atoms with E-state index >= 15 is 0 Å². The Hall–Kier alpha value is -1.59. The third kappa shape index (κ3) is 6.67. The Labute approximate surface area is 151 Å². The molecule has 25 heavy (non-hydrogen) atoms. The van der Waals surface area contributed by atoms with Crippen molar-refractivity contribution in [3.05, 3.63) is 29.8 Å². The number of hydrogen-bond acceptors (Lipinski definition) is 4. The summed E-state index contributed by atoms with van der Waals surface area (Å²) in [5, 5.41) is 3.05. The highest BCUT2D eigenvalue weighted by molar-refractivity contribution is 5.76. The standard InChI is InChI=1S/C20H33N3O2/c1-23(2)11-12-25-18-8-6-7-17(13-18)15-22-19(24)14-20(16-21)9-4-3-5-10-20/h6-8,13H,3-5,9-12,14-16,21H2,1-2H3,(H,22,24). The highest BCUT2D eigenvalue weighted by atomic mass is 16.5. The minimum Gasteiger partial charge on any atom is -0.492 e. The van der Waals surface area contributed by atoms with Gasteiger partial charge in [0.05, 0.1) is 0 Å². The van der Waals surface area contributed by atoms with Crippen LogP contribution in [0.15, 0.2) is 24.3 Å². The Kier molecular flexibility index (Phi) is 7.72. The summed E-state index contributed by atoms with van der Waals surface area (Å²) in [4.78, 5) is 14.5. The molecule has 0 aromatic heterocycles. The molecule has 1 aromatic rings. The fourth-order valence-electron chi connectivity index (χ4n) is 3.45. The van der Waals surface area contributed by atoms with Crippen LogP contribution in [-0.2, 0) is 11.3 Å². The van der Waals surface area contributed by atoms with E-state index in [1.165, 1.54) is 19.3 Å². The van der Waals surface area contributed by atoms with Gasteiger partial charge in [-0.25, -0.2) is 0 Å². The molecule has 140 valence electrons. The van der Waals surface area contributed by atoms with Gasteiger partial charge >= 0.3 is 0 Å². The average molecular weight is 348 g/mol. The van der Waals surface area contributed by atoms with Gasteiger partial charge in [0.25, 0.3) is 0 Å². The van der Waals surface area contributed by atoms with Crippen molar-refractivity contribution in [3.8, 4) is 5.75 Å². The number of carbonyl (C=O) groups excluding carboxylic acids is 1. The molecule has 1 aliphatic rings. The molecule has 0 spiro atoms. The lowest BCUT2D eigenvalue weighted by Crippen LogP contribution is -2.38. The van der Waals surface area contributed by atoms with Crippen LogP contribution in [-0.4, -0.2) is 44.6 Å². The Balaban J connectivity index is 1.80. The van der Waals surface area contributed by atoms with Crippen molar-refractivity contribution in [3.63, 3.8) is 0 Å². The summed E-state index contributed by atoms with van der Waals surface area (Å²) in [7, 11) is 4.05. The molecule has 0 heterocycles. The van der Waals surface area contributed by atoms with Crippen LogP contribution >= 0.6 is 0 Å². The number of rotatable bonds is 9. The van der Waals surface area contributed by atoms with Crippen LogP contribution in [0, 0.1) is 5.41 Å². The number of nitrogens with zero attached hydrogens (tertiary/aromatic N) is 1. The van der Waals surface area contributed by atoms with Crippen molar-refractivity contribution < 1.29 is 9.53 Å². The molecule has 2 rings (SSSR count). The minimum absolute atomic E-state index is 0.0134. The molecule has 0 aliphatic heterocycles. The van der Waals surface area contributed by atoms with Gasteiger partial charge < -0.3 is 20.7 Å². The highest BCUT2D eigenvalue weighted by Crippen LogP contribution is 2.38. The molecular weight excluding hydrogens is 314 g/mol. The second-order valence-corrected chi connectivity index (χ2v) is 7.52. The van der Waals surface area contributed by atoms with Crippen molar-refractivity contribution in [2.24, 2.45) is 11.1 Å². The smallest absolute Gasteiger partial charge is 0.220 e. The molecule has 1 aromatic carbocycles. The maximum Gasteiger partial charge on any atom is 0.220 e. The van der Waals surface area contributed by atoms with Gasteiger partial charge in [-0.3, -0.25) is 4.79 Å². The molecule has 1 saturated carbocycles. The summed E-state index contributed by atoms with van der Waals surface area (Å²) in [5.41, 5.74) is 7.05. The van der Waals surface area contributed by atoms with E-state index in [2.05, 4.69) is 10.2 Å². The maximum absolute atomic E-state index is 12.4. The first kappa shape index (κ1) is 19.7. The number of hydrogen-bond donors (Lipinski definition) is 2.